The Hall–Kier alpha value is -2.05. The van der Waals surface area contributed by atoms with Crippen LogP contribution in [0.3, 0.4) is 0 Å². The second-order valence-electron chi connectivity index (χ2n) is 5.60. The first-order valence-corrected chi connectivity index (χ1v) is 7.48. The lowest BCUT2D eigenvalue weighted by molar-refractivity contribution is 0.102. The molecule has 0 aliphatic carbocycles. The fourth-order valence-corrected chi connectivity index (χ4v) is 2.49. The van der Waals surface area contributed by atoms with Crippen LogP contribution in [-0.4, -0.2) is 28.8 Å². The maximum Gasteiger partial charge on any atom is 0.276 e. The molecule has 1 aliphatic heterocycles. The van der Waals surface area contributed by atoms with Gasteiger partial charge in [-0.3, -0.25) is 9.89 Å². The predicted octanol–water partition coefficient (Wildman–Crippen LogP) is 2.52. The molecule has 0 bridgehead atoms. The van der Waals surface area contributed by atoms with Gasteiger partial charge in [0.15, 0.2) is 5.69 Å². The molecule has 0 fully saturated rings. The topological polar surface area (TPSA) is 79.0 Å². The number of benzene rings is 1. The molecule has 0 atom stereocenters. The lowest BCUT2D eigenvalue weighted by atomic mass is 10.1. The van der Waals surface area contributed by atoms with E-state index >= 15 is 0 Å². The standard InChI is InChI=1S/C16H20N4O2.ClH/c1-10(2)22-12-5-3-11(4-6-12)18-16(21)15-13-9-17-8-7-14(13)19-20-15;/h3-6,10,17H,7-9H2,1-2H3,(H,18,21)(H,19,20);1H. The lowest BCUT2D eigenvalue weighted by Crippen LogP contribution is -2.25. The van der Waals surface area contributed by atoms with Gasteiger partial charge >= 0.3 is 0 Å². The van der Waals surface area contributed by atoms with Crippen molar-refractivity contribution in [2.24, 2.45) is 0 Å². The van der Waals surface area contributed by atoms with Crippen LogP contribution in [0.1, 0.15) is 35.6 Å². The fraction of sp³-hybridized carbons (Fsp3) is 0.375. The van der Waals surface area contributed by atoms with Crippen LogP contribution in [0, 0.1) is 0 Å². The van der Waals surface area contributed by atoms with Crippen LogP contribution < -0.4 is 15.4 Å². The molecule has 6 nitrogen and oxygen atoms in total. The van der Waals surface area contributed by atoms with Crippen molar-refractivity contribution in [3.8, 4) is 5.75 Å². The van der Waals surface area contributed by atoms with Gasteiger partial charge in [-0.2, -0.15) is 5.10 Å². The second-order valence-corrected chi connectivity index (χ2v) is 5.60. The third kappa shape index (κ3) is 4.03. The summed E-state index contributed by atoms with van der Waals surface area (Å²) in [7, 11) is 0. The molecule has 0 saturated heterocycles. The summed E-state index contributed by atoms with van der Waals surface area (Å²) in [6, 6.07) is 7.34. The molecule has 0 spiro atoms. The number of nitrogens with zero attached hydrogens (tertiary/aromatic N) is 1. The minimum absolute atomic E-state index is 0. The van der Waals surface area contributed by atoms with Gasteiger partial charge in [0, 0.05) is 36.5 Å². The number of ether oxygens (including phenoxy) is 1. The van der Waals surface area contributed by atoms with Crippen LogP contribution in [0.5, 0.6) is 5.75 Å². The van der Waals surface area contributed by atoms with Gasteiger partial charge in [-0.1, -0.05) is 0 Å². The first-order valence-electron chi connectivity index (χ1n) is 7.48. The van der Waals surface area contributed by atoms with Gasteiger partial charge in [0.25, 0.3) is 5.91 Å². The summed E-state index contributed by atoms with van der Waals surface area (Å²) in [5.41, 5.74) is 3.19. The molecule has 2 heterocycles. The van der Waals surface area contributed by atoms with Crippen molar-refractivity contribution in [3.05, 3.63) is 41.2 Å². The van der Waals surface area contributed by atoms with Crippen LogP contribution in [0.15, 0.2) is 24.3 Å². The number of fused-ring (bicyclic) bond motifs is 1. The molecule has 3 N–H and O–H groups in total. The zero-order valence-electron chi connectivity index (χ0n) is 13.2. The highest BCUT2D eigenvalue weighted by atomic mass is 35.5. The molecule has 0 unspecified atom stereocenters. The number of carbonyl (C=O) groups is 1. The normalized spacial score (nSPS) is 13.2. The molecule has 0 saturated carbocycles. The van der Waals surface area contributed by atoms with Crippen molar-refractivity contribution in [1.82, 2.24) is 15.5 Å². The minimum Gasteiger partial charge on any atom is -0.491 e. The predicted molar refractivity (Wildman–Crippen MR) is 91.4 cm³/mol. The number of amides is 1. The van der Waals surface area contributed by atoms with Gasteiger partial charge in [0.05, 0.1) is 6.10 Å². The molecule has 1 amide bonds. The molecule has 2 aromatic rings. The number of hydrogen-bond acceptors (Lipinski definition) is 4. The zero-order chi connectivity index (χ0) is 15.5. The van der Waals surface area contributed by atoms with E-state index in [4.69, 9.17) is 4.74 Å². The molecule has 1 aliphatic rings. The number of aromatic nitrogens is 2. The third-order valence-electron chi connectivity index (χ3n) is 3.51. The third-order valence-corrected chi connectivity index (χ3v) is 3.51. The van der Waals surface area contributed by atoms with Gasteiger partial charge in [-0.05, 0) is 38.1 Å². The van der Waals surface area contributed by atoms with Crippen molar-refractivity contribution in [2.45, 2.75) is 32.9 Å². The monoisotopic (exact) mass is 336 g/mol. The Labute approximate surface area is 141 Å². The Morgan fingerprint density at radius 1 is 1.30 bits per heavy atom. The molecule has 1 aromatic carbocycles. The molecular formula is C16H21ClN4O2. The van der Waals surface area contributed by atoms with E-state index in [9.17, 15) is 4.79 Å². The SMILES string of the molecule is CC(C)Oc1ccc(NC(=O)c2n[nH]c3c2CNCC3)cc1.Cl. The number of hydrogen-bond donors (Lipinski definition) is 3. The number of rotatable bonds is 4. The lowest BCUT2D eigenvalue weighted by Gasteiger charge is -2.13. The number of nitrogens with one attached hydrogen (secondary N) is 3. The molecule has 0 radical (unpaired) electrons. The Morgan fingerprint density at radius 3 is 2.74 bits per heavy atom. The fourth-order valence-electron chi connectivity index (χ4n) is 2.49. The summed E-state index contributed by atoms with van der Waals surface area (Å²) >= 11 is 0. The molecule has 23 heavy (non-hydrogen) atoms. The Balaban J connectivity index is 0.00000192. The highest BCUT2D eigenvalue weighted by molar-refractivity contribution is 6.04. The van der Waals surface area contributed by atoms with E-state index in [1.54, 1.807) is 0 Å². The van der Waals surface area contributed by atoms with Gasteiger partial charge in [-0.25, -0.2) is 0 Å². The van der Waals surface area contributed by atoms with Gasteiger partial charge in [0.1, 0.15) is 5.75 Å². The summed E-state index contributed by atoms with van der Waals surface area (Å²) in [6.45, 7) is 5.54. The highest BCUT2D eigenvalue weighted by Crippen LogP contribution is 2.19. The average molecular weight is 337 g/mol. The molecule has 124 valence electrons. The van der Waals surface area contributed by atoms with E-state index in [-0.39, 0.29) is 24.4 Å². The maximum atomic E-state index is 12.4. The van der Waals surface area contributed by atoms with Gasteiger partial charge in [-0.15, -0.1) is 12.4 Å². The van der Waals surface area contributed by atoms with Crippen molar-refractivity contribution in [2.75, 3.05) is 11.9 Å². The summed E-state index contributed by atoms with van der Waals surface area (Å²) < 4.78 is 5.58. The van der Waals surface area contributed by atoms with E-state index in [1.165, 1.54) is 0 Å². The van der Waals surface area contributed by atoms with Crippen molar-refractivity contribution in [3.63, 3.8) is 0 Å². The van der Waals surface area contributed by atoms with E-state index < -0.39 is 0 Å². The van der Waals surface area contributed by atoms with Crippen molar-refractivity contribution >= 4 is 24.0 Å². The van der Waals surface area contributed by atoms with Crippen molar-refractivity contribution < 1.29 is 9.53 Å². The van der Waals surface area contributed by atoms with Crippen LogP contribution in [-0.2, 0) is 13.0 Å². The van der Waals surface area contributed by atoms with Crippen LogP contribution in [0.2, 0.25) is 0 Å². The smallest absolute Gasteiger partial charge is 0.276 e. The molecule has 1 aromatic heterocycles. The minimum atomic E-state index is -0.196. The summed E-state index contributed by atoms with van der Waals surface area (Å²) in [5, 5.41) is 13.2. The molecular weight excluding hydrogens is 316 g/mol. The first-order chi connectivity index (χ1) is 10.6. The average Bonchev–Trinajstić information content (AvgIpc) is 2.93. The van der Waals surface area contributed by atoms with E-state index in [1.807, 2.05) is 38.1 Å². The second kappa shape index (κ2) is 7.48. The summed E-state index contributed by atoms with van der Waals surface area (Å²) in [6.07, 6.45) is 1.00. The Morgan fingerprint density at radius 2 is 2.04 bits per heavy atom. The number of halogens is 1. The number of carbonyl (C=O) groups excluding carboxylic acids is 1. The molecule has 7 heteroatoms. The number of anilines is 1. The van der Waals surface area contributed by atoms with Gasteiger partial charge < -0.3 is 15.4 Å². The van der Waals surface area contributed by atoms with Crippen LogP contribution >= 0.6 is 12.4 Å². The largest absolute Gasteiger partial charge is 0.491 e. The highest BCUT2D eigenvalue weighted by Gasteiger charge is 2.21. The van der Waals surface area contributed by atoms with Crippen LogP contribution in [0.4, 0.5) is 5.69 Å². The van der Waals surface area contributed by atoms with Crippen LogP contribution in [0.25, 0.3) is 0 Å². The molecule has 3 rings (SSSR count). The summed E-state index contributed by atoms with van der Waals surface area (Å²) in [4.78, 5) is 12.4. The van der Waals surface area contributed by atoms with Gasteiger partial charge in [0.2, 0.25) is 0 Å². The number of H-pyrrole nitrogens is 1. The zero-order valence-corrected chi connectivity index (χ0v) is 14.0. The van der Waals surface area contributed by atoms with Crippen molar-refractivity contribution in [1.29, 1.82) is 0 Å². The summed E-state index contributed by atoms with van der Waals surface area (Å²) in [5.74, 6) is 0.591. The van der Waals surface area contributed by atoms with E-state index in [0.29, 0.717) is 12.2 Å². The Bertz CT molecular complexity index is 667. The first kappa shape index (κ1) is 17.3. The quantitative estimate of drug-likeness (QED) is 0.801. The van der Waals surface area contributed by atoms with E-state index in [2.05, 4.69) is 20.8 Å². The number of aromatic amines is 1. The maximum absolute atomic E-state index is 12.4. The van der Waals surface area contributed by atoms with E-state index in [0.717, 1.165) is 35.7 Å². The Kier molecular flexibility index (Phi) is 5.63.